The Hall–Kier alpha value is -2.16. The molecule has 0 saturated heterocycles. The second-order valence-electron chi connectivity index (χ2n) is 6.08. The molecule has 2 rings (SSSR count). The molecule has 1 amide bonds. The van der Waals surface area contributed by atoms with E-state index in [9.17, 15) is 13.2 Å². The lowest BCUT2D eigenvalue weighted by Crippen LogP contribution is -2.28. The molecule has 7 nitrogen and oxygen atoms in total. The van der Waals surface area contributed by atoms with Crippen molar-refractivity contribution < 1.29 is 17.9 Å². The number of aromatic nitrogens is 1. The molecule has 0 aliphatic carbocycles. The highest BCUT2D eigenvalue weighted by atomic mass is 32.2. The molecule has 1 heterocycles. The van der Waals surface area contributed by atoms with Crippen molar-refractivity contribution in [2.75, 3.05) is 20.3 Å². The third-order valence-corrected chi connectivity index (χ3v) is 5.73. The molecule has 8 heteroatoms. The van der Waals surface area contributed by atoms with Crippen LogP contribution in [0.25, 0.3) is 0 Å². The lowest BCUT2D eigenvalue weighted by Gasteiger charge is -2.12. The average molecular weight is 379 g/mol. The van der Waals surface area contributed by atoms with Gasteiger partial charge in [0.1, 0.15) is 0 Å². The van der Waals surface area contributed by atoms with Gasteiger partial charge in [0.15, 0.2) is 0 Å². The Labute approximate surface area is 154 Å². The van der Waals surface area contributed by atoms with Crippen LogP contribution in [0.4, 0.5) is 0 Å². The van der Waals surface area contributed by atoms with Crippen LogP contribution < -0.4 is 10.0 Å². The molecule has 26 heavy (non-hydrogen) atoms. The second-order valence-corrected chi connectivity index (χ2v) is 7.84. The summed E-state index contributed by atoms with van der Waals surface area (Å²) >= 11 is 0. The average Bonchev–Trinajstić information content (AvgIpc) is 2.92. The Morgan fingerprint density at radius 2 is 1.92 bits per heavy atom. The number of nitrogens with zero attached hydrogens (tertiary/aromatic N) is 1. The molecule has 2 aromatic rings. The third kappa shape index (κ3) is 4.72. The van der Waals surface area contributed by atoms with Crippen LogP contribution in [0.5, 0.6) is 0 Å². The maximum Gasteiger partial charge on any atom is 0.251 e. The van der Waals surface area contributed by atoms with Crippen LogP contribution in [0.15, 0.2) is 35.2 Å². The number of carbonyl (C=O) groups is 1. The van der Waals surface area contributed by atoms with E-state index in [1.54, 1.807) is 13.0 Å². The van der Waals surface area contributed by atoms with E-state index in [-0.39, 0.29) is 24.0 Å². The van der Waals surface area contributed by atoms with Crippen LogP contribution in [0, 0.1) is 13.8 Å². The fraction of sp³-hybridized carbons (Fsp3) is 0.389. The van der Waals surface area contributed by atoms with E-state index in [1.165, 1.54) is 19.2 Å². The van der Waals surface area contributed by atoms with E-state index in [2.05, 4.69) is 10.0 Å². The lowest BCUT2D eigenvalue weighted by molar-refractivity contribution is 0.0949. The van der Waals surface area contributed by atoms with Gasteiger partial charge in [0.05, 0.1) is 18.0 Å². The van der Waals surface area contributed by atoms with E-state index in [1.807, 2.05) is 30.7 Å². The number of hydrogen-bond donors (Lipinski definition) is 2. The molecule has 0 aliphatic heterocycles. The molecule has 0 bridgehead atoms. The maximum atomic E-state index is 12.5. The quantitative estimate of drug-likeness (QED) is 0.680. The molecule has 1 aromatic carbocycles. The molecule has 0 fully saturated rings. The van der Waals surface area contributed by atoms with Crippen LogP contribution in [-0.2, 0) is 28.4 Å². The summed E-state index contributed by atoms with van der Waals surface area (Å²) < 4.78 is 33.9. The summed E-state index contributed by atoms with van der Waals surface area (Å²) in [6.45, 7) is 4.57. The van der Waals surface area contributed by atoms with Gasteiger partial charge in [-0.15, -0.1) is 0 Å². The van der Waals surface area contributed by atoms with Crippen LogP contribution in [0.1, 0.15) is 27.3 Å². The van der Waals surface area contributed by atoms with Crippen LogP contribution in [0.3, 0.4) is 0 Å². The van der Waals surface area contributed by atoms with Crippen molar-refractivity contribution >= 4 is 15.9 Å². The molecular formula is C18H25N3O4S. The van der Waals surface area contributed by atoms with E-state index < -0.39 is 10.0 Å². The minimum Gasteiger partial charge on any atom is -0.383 e. The molecule has 0 aliphatic rings. The van der Waals surface area contributed by atoms with Gasteiger partial charge in [-0.05, 0) is 43.7 Å². The largest absolute Gasteiger partial charge is 0.383 e. The minimum atomic E-state index is -3.69. The van der Waals surface area contributed by atoms with Gasteiger partial charge in [-0.25, -0.2) is 13.1 Å². The number of rotatable bonds is 8. The summed E-state index contributed by atoms with van der Waals surface area (Å²) in [5.41, 5.74) is 3.12. The first-order chi connectivity index (χ1) is 12.3. The fourth-order valence-corrected chi connectivity index (χ4v) is 3.52. The van der Waals surface area contributed by atoms with E-state index in [4.69, 9.17) is 4.74 Å². The van der Waals surface area contributed by atoms with Gasteiger partial charge in [-0.2, -0.15) is 0 Å². The molecule has 2 N–H and O–H groups in total. The van der Waals surface area contributed by atoms with Crippen molar-refractivity contribution in [3.05, 3.63) is 52.8 Å². The topological polar surface area (TPSA) is 89.4 Å². The smallest absolute Gasteiger partial charge is 0.251 e. The predicted molar refractivity (Wildman–Crippen MR) is 99.6 cm³/mol. The third-order valence-electron chi connectivity index (χ3n) is 4.27. The van der Waals surface area contributed by atoms with Crippen molar-refractivity contribution in [3.8, 4) is 0 Å². The van der Waals surface area contributed by atoms with E-state index >= 15 is 0 Å². The van der Waals surface area contributed by atoms with Gasteiger partial charge in [-0.3, -0.25) is 4.79 Å². The SMILES string of the molecule is COCCNS(=O)(=O)c1ccc(C)c(C(=O)NCc2ccc(C)n2C)c1. The summed E-state index contributed by atoms with van der Waals surface area (Å²) in [5, 5.41) is 2.85. The van der Waals surface area contributed by atoms with Crippen LogP contribution in [0.2, 0.25) is 0 Å². The Kier molecular flexibility index (Phi) is 6.57. The molecule has 0 unspecified atom stereocenters. The first kappa shape index (κ1) is 20.2. The number of hydrogen-bond acceptors (Lipinski definition) is 4. The lowest BCUT2D eigenvalue weighted by atomic mass is 10.1. The first-order valence-corrected chi connectivity index (χ1v) is 9.73. The zero-order chi connectivity index (χ0) is 19.3. The van der Waals surface area contributed by atoms with Crippen LogP contribution >= 0.6 is 0 Å². The molecule has 0 atom stereocenters. The molecule has 0 saturated carbocycles. The van der Waals surface area contributed by atoms with Crippen molar-refractivity contribution in [3.63, 3.8) is 0 Å². The predicted octanol–water partition coefficient (Wildman–Crippen LogP) is 1.50. The summed E-state index contributed by atoms with van der Waals surface area (Å²) in [6.07, 6.45) is 0. The Morgan fingerprint density at radius 1 is 1.19 bits per heavy atom. The van der Waals surface area contributed by atoms with Gasteiger partial charge < -0.3 is 14.6 Å². The van der Waals surface area contributed by atoms with Gasteiger partial charge in [0.25, 0.3) is 5.91 Å². The van der Waals surface area contributed by atoms with Gasteiger partial charge in [0.2, 0.25) is 10.0 Å². The second kappa shape index (κ2) is 8.48. The van der Waals surface area contributed by atoms with Gasteiger partial charge in [0, 0.05) is 37.7 Å². The van der Waals surface area contributed by atoms with E-state index in [0.29, 0.717) is 17.7 Å². The maximum absolute atomic E-state index is 12.5. The van der Waals surface area contributed by atoms with Crippen molar-refractivity contribution in [1.29, 1.82) is 0 Å². The number of benzene rings is 1. The number of methoxy groups -OCH3 is 1. The van der Waals surface area contributed by atoms with Gasteiger partial charge in [-0.1, -0.05) is 6.07 Å². The summed E-state index contributed by atoms with van der Waals surface area (Å²) in [5.74, 6) is -0.310. The highest BCUT2D eigenvalue weighted by Gasteiger charge is 2.18. The van der Waals surface area contributed by atoms with Crippen molar-refractivity contribution in [2.24, 2.45) is 7.05 Å². The number of aryl methyl sites for hydroxylation is 2. The number of nitrogens with one attached hydrogen (secondary N) is 2. The number of amides is 1. The Bertz CT molecular complexity index is 888. The van der Waals surface area contributed by atoms with E-state index in [0.717, 1.165) is 11.4 Å². The van der Waals surface area contributed by atoms with Crippen molar-refractivity contribution in [2.45, 2.75) is 25.3 Å². The number of ether oxygens (including phenoxy) is 1. The zero-order valence-electron chi connectivity index (χ0n) is 15.5. The standard InChI is InChI=1S/C18H25N3O4S/c1-13-5-8-16(26(23,24)20-9-10-25-4)11-17(13)18(22)19-12-15-7-6-14(2)21(15)3/h5-8,11,20H,9-10,12H2,1-4H3,(H,19,22). The zero-order valence-corrected chi connectivity index (χ0v) is 16.3. The summed E-state index contributed by atoms with van der Waals surface area (Å²) in [7, 11) is -0.262. The molecule has 1 aromatic heterocycles. The highest BCUT2D eigenvalue weighted by Crippen LogP contribution is 2.16. The fourth-order valence-electron chi connectivity index (χ4n) is 2.48. The first-order valence-electron chi connectivity index (χ1n) is 8.25. The Balaban J connectivity index is 2.15. The van der Waals surface area contributed by atoms with Gasteiger partial charge >= 0.3 is 0 Å². The number of sulfonamides is 1. The van der Waals surface area contributed by atoms with Crippen molar-refractivity contribution in [1.82, 2.24) is 14.6 Å². The molecular weight excluding hydrogens is 354 g/mol. The Morgan fingerprint density at radius 3 is 2.54 bits per heavy atom. The summed E-state index contributed by atoms with van der Waals surface area (Å²) in [4.78, 5) is 12.6. The molecule has 0 spiro atoms. The number of carbonyl (C=O) groups excluding carboxylic acids is 1. The monoisotopic (exact) mass is 379 g/mol. The van der Waals surface area contributed by atoms with Crippen LogP contribution in [-0.4, -0.2) is 39.2 Å². The minimum absolute atomic E-state index is 0.0547. The normalized spacial score (nSPS) is 11.5. The summed E-state index contributed by atoms with van der Waals surface area (Å²) in [6, 6.07) is 8.44. The molecule has 142 valence electrons. The highest BCUT2D eigenvalue weighted by molar-refractivity contribution is 7.89. The molecule has 0 radical (unpaired) electrons.